The van der Waals surface area contributed by atoms with Gasteiger partial charge in [-0.25, -0.2) is 4.79 Å². The normalized spacial score (nSPS) is 10.9. The summed E-state index contributed by atoms with van der Waals surface area (Å²) in [4.78, 5) is 23.2. The molecule has 1 amide bonds. The first-order chi connectivity index (χ1) is 9.86. The molecule has 0 unspecified atom stereocenters. The summed E-state index contributed by atoms with van der Waals surface area (Å²) in [6.07, 6.45) is 0.879. The van der Waals surface area contributed by atoms with Crippen molar-refractivity contribution in [3.63, 3.8) is 0 Å². The molecule has 1 aromatic rings. The average molecular weight is 293 g/mol. The molecule has 0 aliphatic heterocycles. The van der Waals surface area contributed by atoms with Crippen LogP contribution in [-0.4, -0.2) is 31.1 Å². The SMILES string of the molecule is COC(=O)C(C)(C)NC(=O)CCCOc1ccccc1C. The Kier molecular flexibility index (Phi) is 6.21. The van der Waals surface area contributed by atoms with Crippen LogP contribution in [0.3, 0.4) is 0 Å². The maximum absolute atomic E-state index is 11.8. The second-order valence-corrected chi connectivity index (χ2v) is 5.38. The van der Waals surface area contributed by atoms with E-state index in [-0.39, 0.29) is 5.91 Å². The molecule has 116 valence electrons. The zero-order valence-electron chi connectivity index (χ0n) is 13.1. The van der Waals surface area contributed by atoms with Crippen LogP contribution in [0, 0.1) is 6.92 Å². The molecule has 0 saturated carbocycles. The quantitative estimate of drug-likeness (QED) is 0.618. The molecule has 1 N–H and O–H groups in total. The van der Waals surface area contributed by atoms with Crippen LogP contribution in [0.5, 0.6) is 5.75 Å². The van der Waals surface area contributed by atoms with Gasteiger partial charge in [-0.3, -0.25) is 4.79 Å². The van der Waals surface area contributed by atoms with Crippen LogP contribution in [0.2, 0.25) is 0 Å². The standard InChI is InChI=1S/C16H23NO4/c1-12-8-5-6-9-13(12)21-11-7-10-14(18)17-16(2,3)15(19)20-4/h5-6,8-9H,7,10-11H2,1-4H3,(H,17,18). The number of hydrogen-bond acceptors (Lipinski definition) is 4. The molecule has 0 aliphatic rings. The number of hydrogen-bond donors (Lipinski definition) is 1. The van der Waals surface area contributed by atoms with Gasteiger partial charge in [-0.15, -0.1) is 0 Å². The molecule has 0 aliphatic carbocycles. The molecule has 0 bridgehead atoms. The van der Waals surface area contributed by atoms with Gasteiger partial charge in [0.2, 0.25) is 5.91 Å². The Labute approximate surface area is 125 Å². The minimum absolute atomic E-state index is 0.196. The largest absolute Gasteiger partial charge is 0.493 e. The summed E-state index contributed by atoms with van der Waals surface area (Å²) in [5.74, 6) is 0.165. The lowest BCUT2D eigenvalue weighted by atomic mass is 10.1. The van der Waals surface area contributed by atoms with Gasteiger partial charge < -0.3 is 14.8 Å². The number of amides is 1. The number of ether oxygens (including phenoxy) is 2. The number of para-hydroxylation sites is 1. The van der Waals surface area contributed by atoms with E-state index < -0.39 is 11.5 Å². The van der Waals surface area contributed by atoms with Crippen LogP contribution in [0.15, 0.2) is 24.3 Å². The predicted octanol–water partition coefficient (Wildman–Crippen LogP) is 2.22. The van der Waals surface area contributed by atoms with Gasteiger partial charge in [-0.2, -0.15) is 0 Å². The van der Waals surface area contributed by atoms with E-state index in [2.05, 4.69) is 10.1 Å². The van der Waals surface area contributed by atoms with Gasteiger partial charge in [0, 0.05) is 6.42 Å². The molecule has 0 radical (unpaired) electrons. The van der Waals surface area contributed by atoms with Crippen LogP contribution < -0.4 is 10.1 Å². The van der Waals surface area contributed by atoms with Crippen LogP contribution >= 0.6 is 0 Å². The van der Waals surface area contributed by atoms with E-state index in [1.54, 1.807) is 13.8 Å². The van der Waals surface area contributed by atoms with Crippen molar-refractivity contribution in [3.8, 4) is 5.75 Å². The van der Waals surface area contributed by atoms with E-state index >= 15 is 0 Å². The summed E-state index contributed by atoms with van der Waals surface area (Å²) in [6.45, 7) is 5.65. The number of benzene rings is 1. The predicted molar refractivity (Wildman–Crippen MR) is 80.1 cm³/mol. The monoisotopic (exact) mass is 293 g/mol. The summed E-state index contributed by atoms with van der Waals surface area (Å²) in [7, 11) is 1.30. The smallest absolute Gasteiger partial charge is 0.330 e. The van der Waals surface area contributed by atoms with Crippen molar-refractivity contribution in [3.05, 3.63) is 29.8 Å². The summed E-state index contributed by atoms with van der Waals surface area (Å²) in [6, 6.07) is 7.73. The zero-order valence-corrected chi connectivity index (χ0v) is 13.1. The van der Waals surface area contributed by atoms with E-state index in [1.807, 2.05) is 31.2 Å². The molecule has 0 heterocycles. The van der Waals surface area contributed by atoms with Crippen molar-refractivity contribution in [2.45, 2.75) is 39.2 Å². The van der Waals surface area contributed by atoms with E-state index in [9.17, 15) is 9.59 Å². The number of esters is 1. The van der Waals surface area contributed by atoms with E-state index in [0.717, 1.165) is 11.3 Å². The highest BCUT2D eigenvalue weighted by molar-refractivity contribution is 5.87. The van der Waals surface area contributed by atoms with Crippen molar-refractivity contribution >= 4 is 11.9 Å². The fraction of sp³-hybridized carbons (Fsp3) is 0.500. The first-order valence-electron chi connectivity index (χ1n) is 6.94. The molecule has 0 spiro atoms. The highest BCUT2D eigenvalue weighted by Gasteiger charge is 2.30. The van der Waals surface area contributed by atoms with E-state index in [1.165, 1.54) is 7.11 Å². The van der Waals surface area contributed by atoms with Gasteiger partial charge in [0.1, 0.15) is 11.3 Å². The Bertz CT molecular complexity index is 497. The fourth-order valence-electron chi connectivity index (χ4n) is 1.85. The number of nitrogens with one attached hydrogen (secondary N) is 1. The number of rotatable bonds is 7. The maximum Gasteiger partial charge on any atom is 0.330 e. The molecule has 1 rings (SSSR count). The first kappa shape index (κ1) is 17.0. The number of carbonyl (C=O) groups is 2. The molecule has 5 heteroatoms. The second-order valence-electron chi connectivity index (χ2n) is 5.38. The summed E-state index contributed by atoms with van der Waals surface area (Å²) >= 11 is 0. The van der Waals surface area contributed by atoms with Gasteiger partial charge in [-0.05, 0) is 38.8 Å². The molecule has 0 aromatic heterocycles. The third-order valence-electron chi connectivity index (χ3n) is 3.05. The van der Waals surface area contributed by atoms with Crippen molar-refractivity contribution < 1.29 is 19.1 Å². The van der Waals surface area contributed by atoms with Gasteiger partial charge in [0.05, 0.1) is 13.7 Å². The number of aryl methyl sites for hydroxylation is 1. The van der Waals surface area contributed by atoms with Crippen molar-refractivity contribution in [2.24, 2.45) is 0 Å². The highest BCUT2D eigenvalue weighted by Crippen LogP contribution is 2.16. The Balaban J connectivity index is 2.31. The molecule has 0 atom stereocenters. The molecular formula is C16H23NO4. The van der Waals surface area contributed by atoms with Gasteiger partial charge >= 0.3 is 5.97 Å². The minimum Gasteiger partial charge on any atom is -0.493 e. The second kappa shape index (κ2) is 7.67. The van der Waals surface area contributed by atoms with E-state index in [0.29, 0.717) is 19.4 Å². The van der Waals surface area contributed by atoms with Gasteiger partial charge in [-0.1, -0.05) is 18.2 Å². The number of carbonyl (C=O) groups excluding carboxylic acids is 2. The first-order valence-corrected chi connectivity index (χ1v) is 6.94. The van der Waals surface area contributed by atoms with Crippen LogP contribution in [0.4, 0.5) is 0 Å². The Morgan fingerprint density at radius 2 is 1.90 bits per heavy atom. The molecule has 21 heavy (non-hydrogen) atoms. The summed E-state index contributed by atoms with van der Waals surface area (Å²) in [5, 5.41) is 2.65. The topological polar surface area (TPSA) is 64.6 Å². The lowest BCUT2D eigenvalue weighted by Crippen LogP contribution is -2.50. The van der Waals surface area contributed by atoms with Crippen molar-refractivity contribution in [1.82, 2.24) is 5.32 Å². The Morgan fingerprint density at radius 3 is 2.52 bits per heavy atom. The van der Waals surface area contributed by atoms with Crippen molar-refractivity contribution in [2.75, 3.05) is 13.7 Å². The molecule has 1 aromatic carbocycles. The number of methoxy groups -OCH3 is 1. The Hall–Kier alpha value is -2.04. The minimum atomic E-state index is -1.01. The van der Waals surface area contributed by atoms with E-state index in [4.69, 9.17) is 4.74 Å². The maximum atomic E-state index is 11.8. The molecule has 5 nitrogen and oxygen atoms in total. The van der Waals surface area contributed by atoms with Crippen LogP contribution in [0.25, 0.3) is 0 Å². The Morgan fingerprint density at radius 1 is 1.24 bits per heavy atom. The van der Waals surface area contributed by atoms with Crippen LogP contribution in [0.1, 0.15) is 32.3 Å². The summed E-state index contributed by atoms with van der Waals surface area (Å²) in [5.41, 5.74) is 0.0525. The molecule has 0 fully saturated rings. The lowest BCUT2D eigenvalue weighted by molar-refractivity contribution is -0.149. The van der Waals surface area contributed by atoms with Gasteiger partial charge in [0.25, 0.3) is 0 Å². The van der Waals surface area contributed by atoms with Crippen LogP contribution in [-0.2, 0) is 14.3 Å². The zero-order chi connectivity index (χ0) is 15.9. The lowest BCUT2D eigenvalue weighted by Gasteiger charge is -2.23. The third-order valence-corrected chi connectivity index (χ3v) is 3.05. The average Bonchev–Trinajstić information content (AvgIpc) is 2.43. The van der Waals surface area contributed by atoms with Gasteiger partial charge in [0.15, 0.2) is 0 Å². The highest BCUT2D eigenvalue weighted by atomic mass is 16.5. The molecular weight excluding hydrogens is 270 g/mol. The summed E-state index contributed by atoms with van der Waals surface area (Å²) < 4.78 is 10.2. The van der Waals surface area contributed by atoms with Crippen molar-refractivity contribution in [1.29, 1.82) is 0 Å². The third kappa shape index (κ3) is 5.45. The fourth-order valence-corrected chi connectivity index (χ4v) is 1.85. The molecule has 0 saturated heterocycles.